The van der Waals surface area contributed by atoms with Crippen molar-refractivity contribution in [3.05, 3.63) is 51.0 Å². The minimum Gasteiger partial charge on any atom is -0.457 e. The predicted molar refractivity (Wildman–Crippen MR) is 120 cm³/mol. The molecule has 6 nitrogen and oxygen atoms in total. The minimum atomic E-state index is -0.263. The van der Waals surface area contributed by atoms with Gasteiger partial charge in [0.15, 0.2) is 5.17 Å². The molecule has 1 aromatic carbocycles. The molecule has 2 aliphatic rings. The Balaban J connectivity index is 1.42. The van der Waals surface area contributed by atoms with E-state index in [-0.39, 0.29) is 5.91 Å². The molecule has 1 fully saturated rings. The SMILES string of the molecule is N#CCCN1CCN(C2=NC(=O)C(=Cc3ccc(-c4cc(Cl)ccc4Cl)o3)S2)CC1. The van der Waals surface area contributed by atoms with Crippen molar-refractivity contribution in [1.82, 2.24) is 9.80 Å². The second-order valence-corrected chi connectivity index (χ2v) is 8.73. The van der Waals surface area contributed by atoms with Crippen molar-refractivity contribution in [1.29, 1.82) is 5.26 Å². The zero-order chi connectivity index (χ0) is 21.1. The van der Waals surface area contributed by atoms with E-state index in [1.165, 1.54) is 11.8 Å². The van der Waals surface area contributed by atoms with Gasteiger partial charge in [-0.2, -0.15) is 10.3 Å². The number of nitriles is 1. The number of furan rings is 1. The van der Waals surface area contributed by atoms with Crippen LogP contribution in [0.1, 0.15) is 12.2 Å². The Hall–Kier alpha value is -2.24. The molecule has 2 aliphatic heterocycles. The molecule has 0 bridgehead atoms. The van der Waals surface area contributed by atoms with Gasteiger partial charge in [0.25, 0.3) is 5.91 Å². The maximum Gasteiger partial charge on any atom is 0.286 e. The number of hydrogen-bond donors (Lipinski definition) is 0. The van der Waals surface area contributed by atoms with E-state index in [0.29, 0.717) is 38.5 Å². The molecule has 0 radical (unpaired) electrons. The fourth-order valence-corrected chi connectivity index (χ4v) is 4.62. The second-order valence-electron chi connectivity index (χ2n) is 6.87. The number of piperazine rings is 1. The van der Waals surface area contributed by atoms with Gasteiger partial charge in [-0.3, -0.25) is 9.69 Å². The van der Waals surface area contributed by atoms with Crippen LogP contribution in [-0.4, -0.2) is 53.6 Å². The van der Waals surface area contributed by atoms with Gasteiger partial charge in [0.05, 0.1) is 16.0 Å². The number of nitrogens with zero attached hydrogens (tertiary/aromatic N) is 4. The molecule has 9 heteroatoms. The molecular formula is C21H18Cl2N4O2S. The molecule has 0 spiro atoms. The summed E-state index contributed by atoms with van der Waals surface area (Å²) in [5, 5.41) is 10.5. The van der Waals surface area contributed by atoms with Gasteiger partial charge in [0, 0.05) is 55.8 Å². The maximum atomic E-state index is 12.4. The molecule has 3 heterocycles. The highest BCUT2D eigenvalue weighted by atomic mass is 35.5. The number of halogens is 2. The summed E-state index contributed by atoms with van der Waals surface area (Å²) in [6.45, 7) is 4.07. The first kappa shape index (κ1) is 21.0. The van der Waals surface area contributed by atoms with Crippen molar-refractivity contribution in [3.8, 4) is 17.4 Å². The minimum absolute atomic E-state index is 0.263. The van der Waals surface area contributed by atoms with Crippen LogP contribution in [0.15, 0.2) is 44.6 Å². The van der Waals surface area contributed by atoms with Gasteiger partial charge in [-0.05, 0) is 42.1 Å². The Morgan fingerprint density at radius 1 is 1.20 bits per heavy atom. The number of thioether (sulfide) groups is 1. The van der Waals surface area contributed by atoms with Gasteiger partial charge in [0.2, 0.25) is 0 Å². The lowest BCUT2D eigenvalue weighted by atomic mass is 10.2. The van der Waals surface area contributed by atoms with E-state index in [1.807, 2.05) is 0 Å². The van der Waals surface area contributed by atoms with Crippen LogP contribution in [0.25, 0.3) is 17.4 Å². The van der Waals surface area contributed by atoms with Crippen LogP contribution in [0.2, 0.25) is 10.0 Å². The highest BCUT2D eigenvalue weighted by Crippen LogP contribution is 2.34. The normalized spacial score (nSPS) is 18.7. The predicted octanol–water partition coefficient (Wildman–Crippen LogP) is 4.75. The Morgan fingerprint density at radius 2 is 2.00 bits per heavy atom. The third-order valence-corrected chi connectivity index (χ3v) is 6.49. The van der Waals surface area contributed by atoms with E-state index in [4.69, 9.17) is 32.9 Å². The number of benzene rings is 1. The molecule has 30 heavy (non-hydrogen) atoms. The van der Waals surface area contributed by atoms with E-state index in [1.54, 1.807) is 36.4 Å². The molecule has 2 aromatic rings. The quantitative estimate of drug-likeness (QED) is 0.612. The van der Waals surface area contributed by atoms with Crippen LogP contribution in [-0.2, 0) is 4.79 Å². The third-order valence-electron chi connectivity index (χ3n) is 4.89. The first-order valence-electron chi connectivity index (χ1n) is 9.45. The summed E-state index contributed by atoms with van der Waals surface area (Å²) < 4.78 is 5.87. The van der Waals surface area contributed by atoms with Gasteiger partial charge in [0.1, 0.15) is 11.5 Å². The van der Waals surface area contributed by atoms with Crippen LogP contribution in [0.3, 0.4) is 0 Å². The molecule has 0 aliphatic carbocycles. The molecular weight excluding hydrogens is 443 g/mol. The zero-order valence-corrected chi connectivity index (χ0v) is 18.3. The van der Waals surface area contributed by atoms with Gasteiger partial charge in [-0.15, -0.1) is 0 Å². The summed E-state index contributed by atoms with van der Waals surface area (Å²) >= 11 is 13.7. The molecule has 0 atom stereocenters. The largest absolute Gasteiger partial charge is 0.457 e. The van der Waals surface area contributed by atoms with Crippen LogP contribution in [0, 0.1) is 11.3 Å². The van der Waals surface area contributed by atoms with E-state index in [9.17, 15) is 4.79 Å². The van der Waals surface area contributed by atoms with E-state index in [2.05, 4.69) is 20.9 Å². The Bertz CT molecular complexity index is 1070. The molecule has 0 unspecified atom stereocenters. The summed E-state index contributed by atoms with van der Waals surface area (Å²) in [5.74, 6) is 0.870. The van der Waals surface area contributed by atoms with Gasteiger partial charge in [-0.1, -0.05) is 23.2 Å². The lowest BCUT2D eigenvalue weighted by Gasteiger charge is -2.34. The zero-order valence-electron chi connectivity index (χ0n) is 16.0. The Kier molecular flexibility index (Phi) is 6.49. The van der Waals surface area contributed by atoms with Crippen molar-refractivity contribution in [2.75, 3.05) is 32.7 Å². The molecule has 0 saturated carbocycles. The number of carbonyl (C=O) groups excluding carboxylic acids is 1. The summed E-state index contributed by atoms with van der Waals surface area (Å²) in [7, 11) is 0. The van der Waals surface area contributed by atoms with E-state index < -0.39 is 0 Å². The van der Waals surface area contributed by atoms with E-state index in [0.717, 1.165) is 37.9 Å². The van der Waals surface area contributed by atoms with E-state index >= 15 is 0 Å². The first-order valence-corrected chi connectivity index (χ1v) is 11.0. The van der Waals surface area contributed by atoms with Crippen molar-refractivity contribution < 1.29 is 9.21 Å². The highest BCUT2D eigenvalue weighted by Gasteiger charge is 2.28. The molecule has 1 aromatic heterocycles. The van der Waals surface area contributed by atoms with Gasteiger partial charge >= 0.3 is 0 Å². The number of aliphatic imine (C=N–C) groups is 1. The summed E-state index contributed by atoms with van der Waals surface area (Å²) in [4.78, 5) is 21.5. The van der Waals surface area contributed by atoms with Gasteiger partial charge < -0.3 is 9.32 Å². The van der Waals surface area contributed by atoms with Crippen molar-refractivity contribution in [2.24, 2.45) is 4.99 Å². The van der Waals surface area contributed by atoms with Crippen LogP contribution in [0.4, 0.5) is 0 Å². The number of rotatable bonds is 4. The molecule has 1 saturated heterocycles. The Morgan fingerprint density at radius 3 is 2.77 bits per heavy atom. The number of carbonyl (C=O) groups is 1. The number of amidine groups is 1. The molecule has 1 amide bonds. The maximum absolute atomic E-state index is 12.4. The Labute approximate surface area is 188 Å². The fraction of sp³-hybridized carbons (Fsp3) is 0.286. The van der Waals surface area contributed by atoms with Gasteiger partial charge in [-0.25, -0.2) is 0 Å². The average Bonchev–Trinajstić information content (AvgIpc) is 3.36. The van der Waals surface area contributed by atoms with Crippen LogP contribution >= 0.6 is 35.0 Å². The molecule has 0 N–H and O–H groups in total. The lowest BCUT2D eigenvalue weighted by molar-refractivity contribution is -0.113. The molecule has 4 rings (SSSR count). The number of hydrogen-bond acceptors (Lipinski definition) is 6. The topological polar surface area (TPSA) is 72.8 Å². The monoisotopic (exact) mass is 460 g/mol. The second kappa shape index (κ2) is 9.27. The van der Waals surface area contributed by atoms with Crippen molar-refractivity contribution in [2.45, 2.75) is 6.42 Å². The summed E-state index contributed by atoms with van der Waals surface area (Å²) in [6, 6.07) is 10.9. The van der Waals surface area contributed by atoms with Crippen LogP contribution in [0.5, 0.6) is 0 Å². The average molecular weight is 461 g/mol. The summed E-state index contributed by atoms with van der Waals surface area (Å²) in [5.41, 5.74) is 0.699. The lowest BCUT2D eigenvalue weighted by Crippen LogP contribution is -2.47. The highest BCUT2D eigenvalue weighted by molar-refractivity contribution is 8.18. The smallest absolute Gasteiger partial charge is 0.286 e. The van der Waals surface area contributed by atoms with Crippen molar-refractivity contribution >= 4 is 52.1 Å². The molecule has 154 valence electrons. The first-order chi connectivity index (χ1) is 14.5. The van der Waals surface area contributed by atoms with Crippen molar-refractivity contribution in [3.63, 3.8) is 0 Å². The summed E-state index contributed by atoms with van der Waals surface area (Å²) in [6.07, 6.45) is 2.24. The number of amides is 1. The third kappa shape index (κ3) is 4.73. The standard InChI is InChI=1S/C21H18Cl2N4O2S/c22-14-2-4-17(23)16(12-14)18-5-3-15(29-18)13-19-20(28)25-21(30-19)27-10-8-26(9-11-27)7-1-6-24/h2-5,12-13H,1,7-11H2. The van der Waals surface area contributed by atoms with Crippen LogP contribution < -0.4 is 0 Å². The fourth-order valence-electron chi connectivity index (χ4n) is 3.29.